The molecule has 1 unspecified atom stereocenters. The van der Waals surface area contributed by atoms with Gasteiger partial charge in [0.15, 0.2) is 0 Å². The highest BCUT2D eigenvalue weighted by Crippen LogP contribution is 2.16. The van der Waals surface area contributed by atoms with E-state index < -0.39 is 0 Å². The lowest BCUT2D eigenvalue weighted by Gasteiger charge is -2.36. The summed E-state index contributed by atoms with van der Waals surface area (Å²) < 4.78 is 10.6. The molecule has 0 N–H and O–H groups in total. The number of morpholine rings is 1. The molecule has 3 saturated heterocycles. The Morgan fingerprint density at radius 3 is 2.23 bits per heavy atom. The van der Waals surface area contributed by atoms with Crippen molar-refractivity contribution in [3.63, 3.8) is 0 Å². The lowest BCUT2D eigenvalue weighted by Crippen LogP contribution is -2.53. The Hall–Kier alpha value is -1.18. The molecular formula is C15H25N3O4. The molecule has 0 aromatic carbocycles. The molecule has 7 nitrogen and oxygen atoms in total. The zero-order valence-corrected chi connectivity index (χ0v) is 13.0. The van der Waals surface area contributed by atoms with Crippen molar-refractivity contribution in [1.29, 1.82) is 0 Å². The summed E-state index contributed by atoms with van der Waals surface area (Å²) in [5.74, 6) is 0.436. The molecule has 3 aliphatic heterocycles. The third-order valence-electron chi connectivity index (χ3n) is 4.69. The van der Waals surface area contributed by atoms with Crippen LogP contribution in [0.5, 0.6) is 0 Å². The number of nitrogens with zero attached hydrogens (tertiary/aromatic N) is 3. The molecule has 0 saturated carbocycles. The number of rotatable bonds is 3. The molecule has 124 valence electrons. The molecule has 0 aliphatic carbocycles. The van der Waals surface area contributed by atoms with Gasteiger partial charge in [0.05, 0.1) is 32.3 Å². The quantitative estimate of drug-likeness (QED) is 0.671. The van der Waals surface area contributed by atoms with Crippen LogP contribution < -0.4 is 0 Å². The molecule has 0 aromatic rings. The highest BCUT2D eigenvalue weighted by Gasteiger charge is 2.30. The molecular weight excluding hydrogens is 286 g/mol. The second-order valence-corrected chi connectivity index (χ2v) is 6.16. The van der Waals surface area contributed by atoms with Gasteiger partial charge in [-0.05, 0) is 6.42 Å². The van der Waals surface area contributed by atoms with E-state index in [-0.39, 0.29) is 17.7 Å². The van der Waals surface area contributed by atoms with Gasteiger partial charge in [0, 0.05) is 45.9 Å². The Morgan fingerprint density at radius 2 is 1.59 bits per heavy atom. The maximum Gasteiger partial charge on any atom is 0.236 e. The summed E-state index contributed by atoms with van der Waals surface area (Å²) in [4.78, 5) is 30.5. The first-order valence-electron chi connectivity index (χ1n) is 8.18. The third-order valence-corrected chi connectivity index (χ3v) is 4.69. The minimum Gasteiger partial charge on any atom is -0.381 e. The number of piperazine rings is 1. The molecule has 3 rings (SSSR count). The lowest BCUT2D eigenvalue weighted by molar-refractivity contribution is -0.139. The van der Waals surface area contributed by atoms with Crippen LogP contribution in [0, 0.1) is 5.92 Å². The van der Waals surface area contributed by atoms with Crippen LogP contribution in [0.2, 0.25) is 0 Å². The Labute approximate surface area is 131 Å². The summed E-state index contributed by atoms with van der Waals surface area (Å²) in [6, 6.07) is 0. The lowest BCUT2D eigenvalue weighted by atomic mass is 10.1. The van der Waals surface area contributed by atoms with Crippen molar-refractivity contribution in [3.8, 4) is 0 Å². The average Bonchev–Trinajstić information content (AvgIpc) is 3.10. The zero-order valence-electron chi connectivity index (χ0n) is 13.0. The van der Waals surface area contributed by atoms with E-state index in [1.54, 1.807) is 0 Å². The Morgan fingerprint density at radius 1 is 0.864 bits per heavy atom. The summed E-state index contributed by atoms with van der Waals surface area (Å²) in [5.41, 5.74) is 0. The maximum absolute atomic E-state index is 12.3. The van der Waals surface area contributed by atoms with Gasteiger partial charge in [-0.2, -0.15) is 0 Å². The summed E-state index contributed by atoms with van der Waals surface area (Å²) in [6.45, 7) is 7.35. The van der Waals surface area contributed by atoms with Gasteiger partial charge in [0.1, 0.15) is 0 Å². The van der Waals surface area contributed by atoms with Crippen molar-refractivity contribution in [3.05, 3.63) is 0 Å². The molecule has 0 radical (unpaired) electrons. The smallest absolute Gasteiger partial charge is 0.236 e. The molecule has 3 aliphatic rings. The van der Waals surface area contributed by atoms with Crippen LogP contribution in [-0.2, 0) is 19.1 Å². The van der Waals surface area contributed by atoms with Crippen LogP contribution in [0.15, 0.2) is 0 Å². The van der Waals surface area contributed by atoms with Crippen LogP contribution in [0.3, 0.4) is 0 Å². The molecule has 3 fully saturated rings. The van der Waals surface area contributed by atoms with Crippen molar-refractivity contribution in [2.75, 3.05) is 72.2 Å². The monoisotopic (exact) mass is 311 g/mol. The molecule has 7 heteroatoms. The van der Waals surface area contributed by atoms with Gasteiger partial charge in [-0.15, -0.1) is 0 Å². The van der Waals surface area contributed by atoms with Crippen LogP contribution in [0.1, 0.15) is 6.42 Å². The van der Waals surface area contributed by atoms with E-state index in [0.29, 0.717) is 59.2 Å². The Bertz CT molecular complexity index is 398. The number of hydrogen-bond acceptors (Lipinski definition) is 5. The second-order valence-electron chi connectivity index (χ2n) is 6.16. The number of carbonyl (C=O) groups is 2. The van der Waals surface area contributed by atoms with Crippen molar-refractivity contribution < 1.29 is 19.1 Å². The summed E-state index contributed by atoms with van der Waals surface area (Å²) >= 11 is 0. The maximum atomic E-state index is 12.3. The summed E-state index contributed by atoms with van der Waals surface area (Å²) in [7, 11) is 0. The number of hydrogen-bond donors (Lipinski definition) is 0. The highest BCUT2D eigenvalue weighted by atomic mass is 16.5. The molecule has 22 heavy (non-hydrogen) atoms. The van der Waals surface area contributed by atoms with Crippen LogP contribution in [0.4, 0.5) is 0 Å². The average molecular weight is 311 g/mol. The molecule has 3 heterocycles. The van der Waals surface area contributed by atoms with Crippen LogP contribution >= 0.6 is 0 Å². The second kappa shape index (κ2) is 7.39. The van der Waals surface area contributed by atoms with Gasteiger partial charge >= 0.3 is 0 Å². The van der Waals surface area contributed by atoms with E-state index in [9.17, 15) is 9.59 Å². The fraction of sp³-hybridized carbons (Fsp3) is 0.867. The van der Waals surface area contributed by atoms with Crippen LogP contribution in [-0.4, -0.2) is 98.8 Å². The van der Waals surface area contributed by atoms with Crippen molar-refractivity contribution in [2.24, 2.45) is 5.92 Å². The van der Waals surface area contributed by atoms with E-state index in [4.69, 9.17) is 9.47 Å². The topological polar surface area (TPSA) is 62.3 Å². The van der Waals surface area contributed by atoms with E-state index in [0.717, 1.165) is 19.5 Å². The van der Waals surface area contributed by atoms with E-state index >= 15 is 0 Å². The van der Waals surface area contributed by atoms with Gasteiger partial charge < -0.3 is 19.3 Å². The summed E-state index contributed by atoms with van der Waals surface area (Å²) in [5, 5.41) is 0. The predicted octanol–water partition coefficient (Wildman–Crippen LogP) is -0.974. The number of amides is 2. The van der Waals surface area contributed by atoms with Gasteiger partial charge in [-0.1, -0.05) is 0 Å². The van der Waals surface area contributed by atoms with Gasteiger partial charge in [0.2, 0.25) is 11.8 Å². The number of ether oxygens (including phenoxy) is 2. The first-order chi connectivity index (χ1) is 10.7. The largest absolute Gasteiger partial charge is 0.381 e. The van der Waals surface area contributed by atoms with E-state index in [1.807, 2.05) is 9.80 Å². The highest BCUT2D eigenvalue weighted by molar-refractivity contribution is 5.80. The summed E-state index contributed by atoms with van der Waals surface area (Å²) in [6.07, 6.45) is 0.842. The Balaban J connectivity index is 1.41. The van der Waals surface area contributed by atoms with Crippen molar-refractivity contribution >= 4 is 11.8 Å². The fourth-order valence-electron chi connectivity index (χ4n) is 3.22. The molecule has 2 amide bonds. The molecule has 0 spiro atoms. The molecule has 1 atom stereocenters. The minimum absolute atomic E-state index is 0.0431. The van der Waals surface area contributed by atoms with Gasteiger partial charge in [-0.3, -0.25) is 14.5 Å². The number of carbonyl (C=O) groups excluding carboxylic acids is 2. The van der Waals surface area contributed by atoms with Crippen molar-refractivity contribution in [2.45, 2.75) is 6.42 Å². The van der Waals surface area contributed by atoms with Crippen LogP contribution in [0.25, 0.3) is 0 Å². The van der Waals surface area contributed by atoms with Gasteiger partial charge in [0.25, 0.3) is 0 Å². The predicted molar refractivity (Wildman–Crippen MR) is 79.3 cm³/mol. The SMILES string of the molecule is O=C(CN1CCN(C(=O)C2CCOC2)CC1)N1CCOCC1. The standard InChI is InChI=1S/C15H25N3O4/c19-14(17-6-9-21-10-7-17)11-16-2-4-18(5-3-16)15(20)13-1-8-22-12-13/h13H,1-12H2. The van der Waals surface area contributed by atoms with E-state index in [2.05, 4.69) is 4.90 Å². The molecule has 0 aromatic heterocycles. The first kappa shape index (κ1) is 15.7. The van der Waals surface area contributed by atoms with E-state index in [1.165, 1.54) is 0 Å². The first-order valence-corrected chi connectivity index (χ1v) is 8.18. The fourth-order valence-corrected chi connectivity index (χ4v) is 3.22. The third kappa shape index (κ3) is 3.77. The Kier molecular flexibility index (Phi) is 5.28. The zero-order chi connectivity index (χ0) is 15.4. The minimum atomic E-state index is 0.0431. The van der Waals surface area contributed by atoms with Crippen molar-refractivity contribution in [1.82, 2.24) is 14.7 Å². The van der Waals surface area contributed by atoms with Gasteiger partial charge in [-0.25, -0.2) is 0 Å². The molecule has 0 bridgehead atoms. The normalized spacial score (nSPS) is 27.2.